The Hall–Kier alpha value is -4.43. The van der Waals surface area contributed by atoms with Gasteiger partial charge in [-0.05, 0) is 69.4 Å². The molecule has 2 aromatic heterocycles. The predicted octanol–water partition coefficient (Wildman–Crippen LogP) is 5.08. The first-order valence-electron chi connectivity index (χ1n) is 13.4. The van der Waals surface area contributed by atoms with Gasteiger partial charge in [-0.25, -0.2) is 9.97 Å². The zero-order valence-corrected chi connectivity index (χ0v) is 22.5. The number of nitrogens with one attached hydrogen (secondary N) is 1. The highest BCUT2D eigenvalue weighted by molar-refractivity contribution is 6.06. The maximum absolute atomic E-state index is 12.8. The molecular weight excluding hydrogens is 486 g/mol. The maximum Gasteiger partial charge on any atom is 0.251 e. The number of carbonyl (C=O) groups excluding carboxylic acids is 1. The molecule has 1 amide bonds. The number of imidazole rings is 1. The van der Waals surface area contributed by atoms with Crippen molar-refractivity contribution in [2.24, 2.45) is 0 Å². The number of aromatic nitrogens is 3. The van der Waals surface area contributed by atoms with Crippen LogP contribution in [-0.2, 0) is 6.54 Å². The Morgan fingerprint density at radius 1 is 0.897 bits per heavy atom. The van der Waals surface area contributed by atoms with Gasteiger partial charge in [0.2, 0.25) is 0 Å². The van der Waals surface area contributed by atoms with Gasteiger partial charge in [-0.2, -0.15) is 0 Å². The minimum atomic E-state index is -0.0565. The average molecular weight is 522 g/mol. The zero-order chi connectivity index (χ0) is 27.2. The van der Waals surface area contributed by atoms with E-state index in [9.17, 15) is 4.79 Å². The first-order chi connectivity index (χ1) is 19.0. The summed E-state index contributed by atoms with van der Waals surface area (Å²) in [7, 11) is 4.15. The number of carbonyl (C=O) groups is 1. The molecule has 2 heterocycles. The summed E-state index contributed by atoms with van der Waals surface area (Å²) in [6.45, 7) is 3.17. The van der Waals surface area contributed by atoms with Crippen molar-refractivity contribution in [2.45, 2.75) is 19.4 Å². The number of unbranched alkanes of at least 4 members (excludes halogenated alkanes) is 1. The third-order valence-corrected chi connectivity index (χ3v) is 6.87. The van der Waals surface area contributed by atoms with Gasteiger partial charge in [0, 0.05) is 48.5 Å². The molecule has 0 fully saturated rings. The van der Waals surface area contributed by atoms with Crippen molar-refractivity contribution >= 4 is 45.0 Å². The van der Waals surface area contributed by atoms with Gasteiger partial charge in [0.1, 0.15) is 5.52 Å². The largest absolute Gasteiger partial charge is 0.382 e. The van der Waals surface area contributed by atoms with Gasteiger partial charge >= 0.3 is 0 Å². The second-order valence-electron chi connectivity index (χ2n) is 9.95. The van der Waals surface area contributed by atoms with E-state index in [0.717, 1.165) is 65.8 Å². The van der Waals surface area contributed by atoms with Crippen LogP contribution in [0.5, 0.6) is 0 Å². The number of fused-ring (bicyclic) bond motifs is 3. The standard InChI is InChI=1S/C31H35N7O/c1-36(2)20-21-38(24-10-4-3-5-11-24)25-16-14-23(15-17-25)31(39)33-18-8-9-19-37-22-34-28-29(37)26-12-6-7-13-27(26)35-30(28)32/h3-7,10-17,22H,8-9,18-21H2,1-2H3,(H2,32,35)(H,33,39). The Bertz CT molecular complexity index is 1540. The molecule has 0 saturated heterocycles. The van der Waals surface area contributed by atoms with Crippen LogP contribution < -0.4 is 16.0 Å². The van der Waals surface area contributed by atoms with Gasteiger partial charge in [0.15, 0.2) is 5.82 Å². The van der Waals surface area contributed by atoms with E-state index >= 15 is 0 Å². The van der Waals surface area contributed by atoms with Crippen molar-refractivity contribution < 1.29 is 4.79 Å². The molecule has 0 unspecified atom stereocenters. The van der Waals surface area contributed by atoms with Gasteiger partial charge in [-0.3, -0.25) is 4.79 Å². The molecule has 3 N–H and O–H groups in total. The number of likely N-dealkylation sites (N-methyl/N-ethyl adjacent to an activating group) is 1. The summed E-state index contributed by atoms with van der Waals surface area (Å²) in [4.78, 5) is 26.2. The van der Waals surface area contributed by atoms with Crippen molar-refractivity contribution in [2.75, 3.05) is 44.4 Å². The SMILES string of the molecule is CN(C)CCN(c1ccccc1)c1ccc(C(=O)NCCCCn2cnc3c(N)nc4ccccc4c32)cc1. The summed E-state index contributed by atoms with van der Waals surface area (Å²) in [5.74, 6) is 0.393. The maximum atomic E-state index is 12.8. The van der Waals surface area contributed by atoms with E-state index in [1.54, 1.807) is 0 Å². The number of aryl methyl sites for hydroxylation is 1. The molecule has 0 aliphatic rings. The summed E-state index contributed by atoms with van der Waals surface area (Å²) < 4.78 is 2.13. The van der Waals surface area contributed by atoms with E-state index in [1.807, 2.05) is 67.0 Å². The number of nitrogen functional groups attached to an aromatic ring is 1. The fourth-order valence-electron chi connectivity index (χ4n) is 4.79. The van der Waals surface area contributed by atoms with Crippen molar-refractivity contribution in [3.63, 3.8) is 0 Å². The fraction of sp³-hybridized carbons (Fsp3) is 0.258. The molecule has 0 radical (unpaired) electrons. The van der Waals surface area contributed by atoms with Crippen LogP contribution in [0.2, 0.25) is 0 Å². The number of nitrogens with zero attached hydrogens (tertiary/aromatic N) is 5. The van der Waals surface area contributed by atoms with Gasteiger partial charge in [0.05, 0.1) is 17.4 Å². The van der Waals surface area contributed by atoms with Gasteiger partial charge in [-0.15, -0.1) is 0 Å². The summed E-state index contributed by atoms with van der Waals surface area (Å²) >= 11 is 0. The number of hydrogen-bond donors (Lipinski definition) is 2. The molecule has 8 heteroatoms. The number of rotatable bonds is 11. The highest BCUT2D eigenvalue weighted by Gasteiger charge is 2.13. The van der Waals surface area contributed by atoms with E-state index < -0.39 is 0 Å². The number of pyridine rings is 1. The number of amides is 1. The number of hydrogen-bond acceptors (Lipinski definition) is 6. The van der Waals surface area contributed by atoms with Crippen molar-refractivity contribution in [1.29, 1.82) is 0 Å². The second-order valence-corrected chi connectivity index (χ2v) is 9.95. The van der Waals surface area contributed by atoms with Crippen LogP contribution in [0.1, 0.15) is 23.2 Å². The molecule has 3 aromatic carbocycles. The Balaban J connectivity index is 1.16. The Kier molecular flexibility index (Phi) is 8.03. The summed E-state index contributed by atoms with van der Waals surface area (Å²) in [5.41, 5.74) is 11.6. The summed E-state index contributed by atoms with van der Waals surface area (Å²) in [6.07, 6.45) is 3.58. The van der Waals surface area contributed by atoms with Crippen molar-refractivity contribution in [3.05, 3.63) is 90.8 Å². The third-order valence-electron chi connectivity index (χ3n) is 6.87. The Morgan fingerprint density at radius 3 is 2.38 bits per heavy atom. The quantitative estimate of drug-likeness (QED) is 0.236. The lowest BCUT2D eigenvalue weighted by atomic mass is 10.1. The highest BCUT2D eigenvalue weighted by Crippen LogP contribution is 2.27. The molecule has 0 spiro atoms. The molecule has 0 atom stereocenters. The van der Waals surface area contributed by atoms with Crippen molar-refractivity contribution in [3.8, 4) is 0 Å². The minimum Gasteiger partial charge on any atom is -0.382 e. The Morgan fingerprint density at radius 2 is 1.62 bits per heavy atom. The van der Waals surface area contributed by atoms with Crippen LogP contribution >= 0.6 is 0 Å². The molecule has 0 saturated carbocycles. The smallest absolute Gasteiger partial charge is 0.251 e. The Labute approximate surface area is 229 Å². The average Bonchev–Trinajstić information content (AvgIpc) is 3.39. The van der Waals surface area contributed by atoms with Crippen LogP contribution in [0.4, 0.5) is 17.2 Å². The molecule has 39 heavy (non-hydrogen) atoms. The normalized spacial score (nSPS) is 11.4. The molecule has 5 rings (SSSR count). The van der Waals surface area contributed by atoms with Crippen LogP contribution in [0, 0.1) is 0 Å². The van der Waals surface area contributed by atoms with E-state index in [-0.39, 0.29) is 5.91 Å². The molecular formula is C31H35N7O. The molecule has 0 aliphatic carbocycles. The van der Waals surface area contributed by atoms with Crippen LogP contribution in [0.3, 0.4) is 0 Å². The van der Waals surface area contributed by atoms with Gasteiger partial charge in [0.25, 0.3) is 5.91 Å². The lowest BCUT2D eigenvalue weighted by Gasteiger charge is -2.26. The first kappa shape index (κ1) is 26.2. The van der Waals surface area contributed by atoms with E-state index in [0.29, 0.717) is 17.9 Å². The predicted molar refractivity (Wildman–Crippen MR) is 159 cm³/mol. The van der Waals surface area contributed by atoms with Crippen LogP contribution in [0.25, 0.3) is 21.9 Å². The van der Waals surface area contributed by atoms with E-state index in [4.69, 9.17) is 5.73 Å². The number of para-hydroxylation sites is 2. The lowest BCUT2D eigenvalue weighted by Crippen LogP contribution is -2.28. The molecule has 0 aliphatic heterocycles. The summed E-state index contributed by atoms with van der Waals surface area (Å²) in [5, 5.41) is 4.11. The first-order valence-corrected chi connectivity index (χ1v) is 13.4. The van der Waals surface area contributed by atoms with E-state index in [2.05, 4.69) is 61.9 Å². The third kappa shape index (κ3) is 6.02. The number of anilines is 3. The van der Waals surface area contributed by atoms with Crippen LogP contribution in [-0.4, -0.2) is 59.1 Å². The minimum absolute atomic E-state index is 0.0565. The van der Waals surface area contributed by atoms with Gasteiger partial charge < -0.3 is 25.4 Å². The lowest BCUT2D eigenvalue weighted by molar-refractivity contribution is 0.0953. The van der Waals surface area contributed by atoms with Gasteiger partial charge in [-0.1, -0.05) is 36.4 Å². The fourth-order valence-corrected chi connectivity index (χ4v) is 4.79. The topological polar surface area (TPSA) is 92.3 Å². The van der Waals surface area contributed by atoms with Crippen LogP contribution in [0.15, 0.2) is 85.2 Å². The molecule has 200 valence electrons. The van der Waals surface area contributed by atoms with E-state index in [1.165, 1.54) is 0 Å². The number of nitrogens with two attached hydrogens (primary N) is 1. The molecule has 5 aromatic rings. The zero-order valence-electron chi connectivity index (χ0n) is 22.5. The highest BCUT2D eigenvalue weighted by atomic mass is 16.1. The summed E-state index contributed by atoms with van der Waals surface area (Å²) in [6, 6.07) is 26.1. The molecule has 8 nitrogen and oxygen atoms in total. The number of benzene rings is 3. The van der Waals surface area contributed by atoms with Crippen molar-refractivity contribution in [1.82, 2.24) is 24.8 Å². The monoisotopic (exact) mass is 521 g/mol. The second kappa shape index (κ2) is 12.0. The molecule has 0 bridgehead atoms.